The first-order chi connectivity index (χ1) is 15.4. The summed E-state index contributed by atoms with van der Waals surface area (Å²) in [6, 6.07) is 0. The van der Waals surface area contributed by atoms with Crippen LogP contribution in [0, 0.1) is 0 Å². The van der Waals surface area contributed by atoms with Crippen molar-refractivity contribution in [2.45, 2.75) is 155 Å². The SMILES string of the molecule is CCCCCCCCCCCCCCCCCCCCC/C=C(\O[Si](C)(C)C)C(=O)OC. The molecule has 0 atom stereocenters. The molecule has 0 radical (unpaired) electrons. The van der Waals surface area contributed by atoms with Gasteiger partial charge in [0.25, 0.3) is 0 Å². The molecular weight excluding hydrogens is 412 g/mol. The molecule has 0 spiro atoms. The first-order valence-electron chi connectivity index (χ1n) is 13.9. The van der Waals surface area contributed by atoms with E-state index in [0.717, 1.165) is 12.8 Å². The summed E-state index contributed by atoms with van der Waals surface area (Å²) in [4.78, 5) is 11.8. The lowest BCUT2D eigenvalue weighted by Crippen LogP contribution is -2.27. The molecule has 0 aliphatic carbocycles. The Balaban J connectivity index is 3.42. The number of rotatable bonds is 23. The van der Waals surface area contributed by atoms with E-state index in [2.05, 4.69) is 26.6 Å². The fourth-order valence-corrected chi connectivity index (χ4v) is 4.88. The van der Waals surface area contributed by atoms with Crippen LogP contribution in [-0.2, 0) is 14.0 Å². The fraction of sp³-hybridized carbons (Fsp3) is 0.893. The third kappa shape index (κ3) is 22.4. The highest BCUT2D eigenvalue weighted by molar-refractivity contribution is 6.70. The summed E-state index contributed by atoms with van der Waals surface area (Å²) in [7, 11) is -0.367. The summed E-state index contributed by atoms with van der Waals surface area (Å²) >= 11 is 0. The quantitative estimate of drug-likeness (QED) is 0.0492. The molecule has 0 bridgehead atoms. The third-order valence-corrected chi connectivity index (χ3v) is 6.77. The number of hydrogen-bond donors (Lipinski definition) is 0. The Morgan fingerprint density at radius 3 is 1.28 bits per heavy atom. The van der Waals surface area contributed by atoms with Gasteiger partial charge in [-0.3, -0.25) is 0 Å². The summed E-state index contributed by atoms with van der Waals surface area (Å²) in [5, 5.41) is 0. The summed E-state index contributed by atoms with van der Waals surface area (Å²) in [5.41, 5.74) is 0. The van der Waals surface area contributed by atoms with E-state index in [0.29, 0.717) is 5.76 Å². The van der Waals surface area contributed by atoms with Gasteiger partial charge in [-0.25, -0.2) is 4.79 Å². The van der Waals surface area contributed by atoms with E-state index in [1.54, 1.807) is 0 Å². The maximum Gasteiger partial charge on any atom is 0.371 e. The van der Waals surface area contributed by atoms with Crippen molar-refractivity contribution < 1.29 is 14.0 Å². The first-order valence-corrected chi connectivity index (χ1v) is 17.3. The van der Waals surface area contributed by atoms with Crippen LogP contribution in [0.5, 0.6) is 0 Å². The van der Waals surface area contributed by atoms with E-state index in [9.17, 15) is 4.79 Å². The fourth-order valence-electron chi connectivity index (χ4n) is 4.05. The van der Waals surface area contributed by atoms with Crippen molar-refractivity contribution in [1.29, 1.82) is 0 Å². The van der Waals surface area contributed by atoms with Gasteiger partial charge in [0.1, 0.15) is 0 Å². The Morgan fingerprint density at radius 2 is 0.969 bits per heavy atom. The van der Waals surface area contributed by atoms with Crippen LogP contribution in [-0.4, -0.2) is 21.4 Å². The van der Waals surface area contributed by atoms with Crippen LogP contribution < -0.4 is 0 Å². The van der Waals surface area contributed by atoms with Crippen molar-refractivity contribution in [3.8, 4) is 0 Å². The van der Waals surface area contributed by atoms with Crippen LogP contribution in [0.15, 0.2) is 11.8 Å². The van der Waals surface area contributed by atoms with Gasteiger partial charge in [0.2, 0.25) is 8.32 Å². The van der Waals surface area contributed by atoms with Crippen LogP contribution in [0.25, 0.3) is 0 Å². The zero-order valence-corrected chi connectivity index (χ0v) is 23.4. The molecule has 0 fully saturated rings. The minimum absolute atomic E-state index is 0.342. The molecule has 0 saturated heterocycles. The molecule has 3 nitrogen and oxygen atoms in total. The second-order valence-electron chi connectivity index (χ2n) is 10.4. The highest BCUT2D eigenvalue weighted by Gasteiger charge is 2.22. The Bertz CT molecular complexity index is 454. The first kappa shape index (κ1) is 31.2. The Morgan fingerprint density at radius 1 is 0.625 bits per heavy atom. The highest BCUT2D eigenvalue weighted by atomic mass is 28.4. The van der Waals surface area contributed by atoms with Gasteiger partial charge in [-0.15, -0.1) is 0 Å². The monoisotopic (exact) mass is 468 g/mol. The second kappa shape index (κ2) is 22.0. The number of hydrogen-bond acceptors (Lipinski definition) is 3. The Hall–Kier alpha value is -0.773. The molecule has 0 N–H and O–H groups in total. The zero-order valence-electron chi connectivity index (χ0n) is 22.4. The van der Waals surface area contributed by atoms with E-state index in [-0.39, 0.29) is 5.97 Å². The van der Waals surface area contributed by atoms with Crippen molar-refractivity contribution in [2.75, 3.05) is 7.11 Å². The minimum atomic E-state index is -1.78. The van der Waals surface area contributed by atoms with Crippen LogP contribution >= 0.6 is 0 Å². The molecule has 0 aromatic heterocycles. The molecule has 0 saturated carbocycles. The van der Waals surface area contributed by atoms with Crippen molar-refractivity contribution in [1.82, 2.24) is 0 Å². The minimum Gasteiger partial charge on any atom is -0.540 e. The number of carbonyl (C=O) groups is 1. The van der Waals surface area contributed by atoms with Crippen LogP contribution in [0.4, 0.5) is 0 Å². The molecule has 32 heavy (non-hydrogen) atoms. The lowest BCUT2D eigenvalue weighted by molar-refractivity contribution is -0.138. The average Bonchev–Trinajstić information content (AvgIpc) is 2.75. The molecule has 0 aliphatic rings. The second-order valence-corrected chi connectivity index (χ2v) is 14.9. The van der Waals surface area contributed by atoms with Gasteiger partial charge in [-0.2, -0.15) is 0 Å². The predicted octanol–water partition coefficient (Wildman–Crippen LogP) is 9.72. The summed E-state index contributed by atoms with van der Waals surface area (Å²) < 4.78 is 10.7. The van der Waals surface area contributed by atoms with E-state index >= 15 is 0 Å². The number of carbonyl (C=O) groups excluding carboxylic acids is 1. The van der Waals surface area contributed by atoms with Crippen molar-refractivity contribution in [3.63, 3.8) is 0 Å². The topological polar surface area (TPSA) is 35.5 Å². The van der Waals surface area contributed by atoms with Gasteiger partial charge in [0, 0.05) is 0 Å². The van der Waals surface area contributed by atoms with Gasteiger partial charge < -0.3 is 9.16 Å². The number of ether oxygens (including phenoxy) is 1. The molecule has 0 amide bonds. The Kier molecular flexibility index (Phi) is 21.5. The largest absolute Gasteiger partial charge is 0.540 e. The molecule has 4 heteroatoms. The van der Waals surface area contributed by atoms with Gasteiger partial charge in [-0.1, -0.05) is 122 Å². The van der Waals surface area contributed by atoms with Gasteiger partial charge in [0.05, 0.1) is 7.11 Å². The summed E-state index contributed by atoms with van der Waals surface area (Å²) in [6.07, 6.45) is 29.3. The van der Waals surface area contributed by atoms with Crippen molar-refractivity contribution in [3.05, 3.63) is 11.8 Å². The summed E-state index contributed by atoms with van der Waals surface area (Å²) in [6.45, 7) is 8.54. The zero-order chi connectivity index (χ0) is 23.9. The Labute approximate surface area is 202 Å². The van der Waals surface area contributed by atoms with E-state index < -0.39 is 8.32 Å². The molecule has 190 valence electrons. The lowest BCUT2D eigenvalue weighted by atomic mass is 10.0. The van der Waals surface area contributed by atoms with Crippen LogP contribution in [0.1, 0.15) is 135 Å². The van der Waals surface area contributed by atoms with Crippen LogP contribution in [0.2, 0.25) is 19.6 Å². The van der Waals surface area contributed by atoms with E-state index in [1.807, 2.05) is 6.08 Å². The van der Waals surface area contributed by atoms with Crippen molar-refractivity contribution >= 4 is 14.3 Å². The third-order valence-electron chi connectivity index (χ3n) is 5.94. The highest BCUT2D eigenvalue weighted by Crippen LogP contribution is 2.16. The summed E-state index contributed by atoms with van der Waals surface area (Å²) in [5.74, 6) is 0.0688. The molecule has 0 unspecified atom stereocenters. The maximum absolute atomic E-state index is 11.8. The standard InChI is InChI=1S/C28H56O3Si/c1-6-7-8-9-10-11-12-13-14-15-16-17-18-19-20-21-22-23-24-25-26-27(28(29)30-2)31-32(3,4)5/h26H,6-25H2,1-5H3/b27-26-. The number of esters is 1. The average molecular weight is 469 g/mol. The molecule has 0 heterocycles. The van der Waals surface area contributed by atoms with Gasteiger partial charge in [0.15, 0.2) is 5.76 Å². The number of allylic oxidation sites excluding steroid dienone is 1. The lowest BCUT2D eigenvalue weighted by Gasteiger charge is -2.20. The predicted molar refractivity (Wildman–Crippen MR) is 143 cm³/mol. The van der Waals surface area contributed by atoms with Crippen molar-refractivity contribution in [2.24, 2.45) is 0 Å². The van der Waals surface area contributed by atoms with Crippen LogP contribution in [0.3, 0.4) is 0 Å². The smallest absolute Gasteiger partial charge is 0.371 e. The molecule has 0 aromatic rings. The van der Waals surface area contributed by atoms with Gasteiger partial charge in [-0.05, 0) is 38.6 Å². The normalized spacial score (nSPS) is 12.2. The number of unbranched alkanes of at least 4 members (excludes halogenated alkanes) is 19. The number of methoxy groups -OCH3 is 1. The van der Waals surface area contributed by atoms with E-state index in [4.69, 9.17) is 9.16 Å². The molecule has 0 aliphatic heterocycles. The maximum atomic E-state index is 11.8. The van der Waals surface area contributed by atoms with Gasteiger partial charge >= 0.3 is 5.97 Å². The molecular formula is C28H56O3Si. The van der Waals surface area contributed by atoms with E-state index in [1.165, 1.54) is 123 Å². The molecule has 0 aromatic carbocycles. The molecule has 0 rings (SSSR count).